The molecular weight excluding hydrogens is 350 g/mol. The number of aryl methyl sites for hydroxylation is 1. The zero-order valence-corrected chi connectivity index (χ0v) is 14.6. The summed E-state index contributed by atoms with van der Waals surface area (Å²) in [7, 11) is 0. The molecule has 128 valence electrons. The quantitative estimate of drug-likeness (QED) is 0.514. The highest BCUT2D eigenvalue weighted by atomic mass is 35.5. The molecule has 0 aliphatic heterocycles. The third-order valence-corrected chi connectivity index (χ3v) is 4.40. The van der Waals surface area contributed by atoms with Crippen LogP contribution in [-0.4, -0.2) is 9.61 Å². The maximum absolute atomic E-state index is 13.3. The van der Waals surface area contributed by atoms with Crippen molar-refractivity contribution < 1.29 is 9.67 Å². The Balaban J connectivity index is 2.17. The monoisotopic (exact) mass is 363 g/mol. The Kier molecular flexibility index (Phi) is 3.93. The Morgan fingerprint density at radius 1 is 1.00 bits per heavy atom. The molecule has 26 heavy (non-hydrogen) atoms. The van der Waals surface area contributed by atoms with Gasteiger partial charge in [-0.15, -0.1) is 0 Å². The third kappa shape index (κ3) is 2.62. The normalized spacial score (nSPS) is 11.0. The Labute approximate surface area is 154 Å². The van der Waals surface area contributed by atoms with Crippen LogP contribution in [0.3, 0.4) is 0 Å². The number of aromatic nitrogens is 3. The Hall–Kier alpha value is -3.18. The van der Waals surface area contributed by atoms with Crippen molar-refractivity contribution >= 4 is 17.2 Å². The highest BCUT2D eigenvalue weighted by Crippen LogP contribution is 2.22. The van der Waals surface area contributed by atoms with Gasteiger partial charge in [-0.3, -0.25) is 0 Å². The standard InChI is InChI=1S/C20H14ClN3O2/c1-13-7-12-17-23(16-10-8-15(21)9-11-16)19(25)18(20(26)24(17)22-13)14-5-3-2-4-6-14/h2-12H,1H3. The molecule has 0 bridgehead atoms. The van der Waals surface area contributed by atoms with E-state index in [0.29, 0.717) is 27.6 Å². The second kappa shape index (κ2) is 6.28. The highest BCUT2D eigenvalue weighted by molar-refractivity contribution is 6.30. The molecule has 0 amide bonds. The van der Waals surface area contributed by atoms with Gasteiger partial charge in [-0.1, -0.05) is 51.5 Å². The van der Waals surface area contributed by atoms with Gasteiger partial charge in [-0.2, -0.15) is 0 Å². The number of nitrogens with zero attached hydrogens (tertiary/aromatic N) is 3. The van der Waals surface area contributed by atoms with Crippen molar-refractivity contribution in [3.8, 4) is 22.7 Å². The summed E-state index contributed by atoms with van der Waals surface area (Å²) in [5.74, 6) is -0.394. The Bertz CT molecular complexity index is 1170. The molecule has 0 aliphatic carbocycles. The second-order valence-electron chi connectivity index (χ2n) is 5.91. The van der Waals surface area contributed by atoms with Crippen LogP contribution in [0.2, 0.25) is 5.02 Å². The fraction of sp³-hybridized carbons (Fsp3) is 0.0500. The summed E-state index contributed by atoms with van der Waals surface area (Å²) in [5, 5.41) is 18.2. The first-order valence-corrected chi connectivity index (χ1v) is 8.41. The molecule has 0 aliphatic rings. The molecule has 0 radical (unpaired) electrons. The number of hydrogen-bond acceptors (Lipinski definition) is 3. The summed E-state index contributed by atoms with van der Waals surface area (Å²) < 4.78 is 2.75. The molecular formula is C20H14ClN3O2. The predicted molar refractivity (Wildman–Crippen MR) is 97.6 cm³/mol. The number of hydrogen-bond donors (Lipinski definition) is 0. The SMILES string of the molecule is Cc1ccc2n(n1)c(=O)c(-c1ccccc1)c([O-])[n+]2-c1ccc(Cl)cc1. The maximum Gasteiger partial charge on any atom is 0.370 e. The molecule has 0 fully saturated rings. The van der Waals surface area contributed by atoms with Crippen molar-refractivity contribution in [3.05, 3.63) is 87.8 Å². The van der Waals surface area contributed by atoms with Gasteiger partial charge in [-0.25, -0.2) is 9.36 Å². The molecule has 2 aromatic heterocycles. The largest absolute Gasteiger partial charge is 0.841 e. The maximum atomic E-state index is 13.3. The number of halogens is 1. The van der Waals surface area contributed by atoms with Crippen molar-refractivity contribution in [3.63, 3.8) is 0 Å². The molecule has 6 heteroatoms. The minimum atomic E-state index is -0.440. The number of fused-ring (bicyclic) bond motifs is 1. The summed E-state index contributed by atoms with van der Waals surface area (Å²) >= 11 is 5.98. The third-order valence-electron chi connectivity index (χ3n) is 4.15. The van der Waals surface area contributed by atoms with Crippen LogP contribution in [0.4, 0.5) is 0 Å². The minimum Gasteiger partial charge on any atom is -0.841 e. The van der Waals surface area contributed by atoms with Gasteiger partial charge in [-0.05, 0) is 42.8 Å². The van der Waals surface area contributed by atoms with E-state index in [1.807, 2.05) is 6.07 Å². The Morgan fingerprint density at radius 2 is 1.69 bits per heavy atom. The van der Waals surface area contributed by atoms with Crippen molar-refractivity contribution in [2.45, 2.75) is 6.92 Å². The van der Waals surface area contributed by atoms with Crippen LogP contribution in [0, 0.1) is 6.92 Å². The van der Waals surface area contributed by atoms with E-state index in [4.69, 9.17) is 11.6 Å². The average molecular weight is 364 g/mol. The van der Waals surface area contributed by atoms with Crippen molar-refractivity contribution in [2.75, 3.05) is 0 Å². The zero-order chi connectivity index (χ0) is 18.3. The smallest absolute Gasteiger partial charge is 0.370 e. The summed E-state index contributed by atoms with van der Waals surface area (Å²) in [5.41, 5.74) is 1.89. The predicted octanol–water partition coefficient (Wildman–Crippen LogP) is 2.67. The van der Waals surface area contributed by atoms with Gasteiger partial charge in [0.05, 0.1) is 11.6 Å². The first kappa shape index (κ1) is 16.3. The van der Waals surface area contributed by atoms with E-state index in [1.54, 1.807) is 67.6 Å². The van der Waals surface area contributed by atoms with E-state index < -0.39 is 11.4 Å². The highest BCUT2D eigenvalue weighted by Gasteiger charge is 2.22. The molecule has 0 saturated heterocycles. The topological polar surface area (TPSA) is 61.3 Å². The molecule has 0 unspecified atom stereocenters. The fourth-order valence-corrected chi connectivity index (χ4v) is 3.06. The zero-order valence-electron chi connectivity index (χ0n) is 13.9. The van der Waals surface area contributed by atoms with Gasteiger partial charge in [0.1, 0.15) is 11.3 Å². The van der Waals surface area contributed by atoms with E-state index in [9.17, 15) is 9.90 Å². The van der Waals surface area contributed by atoms with Crippen LogP contribution in [0.5, 0.6) is 5.88 Å². The molecule has 4 rings (SSSR count). The summed E-state index contributed by atoms with van der Waals surface area (Å²) in [4.78, 5) is 13.0. The fourth-order valence-electron chi connectivity index (χ4n) is 2.93. The van der Waals surface area contributed by atoms with Gasteiger partial charge < -0.3 is 5.11 Å². The lowest BCUT2D eigenvalue weighted by molar-refractivity contribution is -0.630. The number of benzene rings is 2. The van der Waals surface area contributed by atoms with E-state index >= 15 is 0 Å². The average Bonchev–Trinajstić information content (AvgIpc) is 2.65. The van der Waals surface area contributed by atoms with Crippen molar-refractivity contribution in [2.24, 2.45) is 0 Å². The lowest BCUT2D eigenvalue weighted by Gasteiger charge is -2.16. The molecule has 0 spiro atoms. The van der Waals surface area contributed by atoms with E-state index in [0.717, 1.165) is 0 Å². The van der Waals surface area contributed by atoms with Crippen LogP contribution in [0.1, 0.15) is 5.69 Å². The van der Waals surface area contributed by atoms with Gasteiger partial charge in [0, 0.05) is 11.1 Å². The lowest BCUT2D eigenvalue weighted by atomic mass is 10.1. The van der Waals surface area contributed by atoms with E-state index in [-0.39, 0.29) is 5.56 Å². The minimum absolute atomic E-state index is 0.0798. The molecule has 0 atom stereocenters. The molecule has 2 aromatic carbocycles. The van der Waals surface area contributed by atoms with Gasteiger partial charge >= 0.3 is 11.2 Å². The molecule has 2 heterocycles. The molecule has 0 N–H and O–H groups in total. The first-order chi connectivity index (χ1) is 12.6. The first-order valence-electron chi connectivity index (χ1n) is 8.03. The van der Waals surface area contributed by atoms with Crippen molar-refractivity contribution in [1.29, 1.82) is 0 Å². The van der Waals surface area contributed by atoms with Crippen LogP contribution in [0.25, 0.3) is 22.5 Å². The van der Waals surface area contributed by atoms with Crippen LogP contribution in [-0.2, 0) is 0 Å². The van der Waals surface area contributed by atoms with Gasteiger partial charge in [0.25, 0.3) is 0 Å². The van der Waals surface area contributed by atoms with E-state index in [2.05, 4.69) is 5.10 Å². The molecule has 4 aromatic rings. The van der Waals surface area contributed by atoms with Crippen LogP contribution in [0.15, 0.2) is 71.5 Å². The molecule has 5 nitrogen and oxygen atoms in total. The summed E-state index contributed by atoms with van der Waals surface area (Å²) in [6.45, 7) is 1.80. The van der Waals surface area contributed by atoms with E-state index in [1.165, 1.54) is 9.08 Å². The number of rotatable bonds is 2. The second-order valence-corrected chi connectivity index (χ2v) is 6.34. The lowest BCUT2D eigenvalue weighted by Crippen LogP contribution is -2.42. The van der Waals surface area contributed by atoms with Crippen molar-refractivity contribution in [1.82, 2.24) is 9.61 Å². The van der Waals surface area contributed by atoms with Gasteiger partial charge in [0.2, 0.25) is 0 Å². The Morgan fingerprint density at radius 3 is 2.38 bits per heavy atom. The van der Waals surface area contributed by atoms with Crippen LogP contribution < -0.4 is 15.2 Å². The molecule has 0 saturated carbocycles. The van der Waals surface area contributed by atoms with Gasteiger partial charge in [0.15, 0.2) is 0 Å². The summed E-state index contributed by atoms with van der Waals surface area (Å²) in [6.07, 6.45) is 0. The van der Waals surface area contributed by atoms with Crippen LogP contribution >= 0.6 is 11.6 Å². The summed E-state index contributed by atoms with van der Waals surface area (Å²) in [6, 6.07) is 19.3.